The van der Waals surface area contributed by atoms with E-state index < -0.39 is 0 Å². The molecule has 0 aliphatic heterocycles. The van der Waals surface area contributed by atoms with Gasteiger partial charge in [-0.3, -0.25) is 9.78 Å². The van der Waals surface area contributed by atoms with Gasteiger partial charge in [0.25, 0.3) is 0 Å². The fourth-order valence-corrected chi connectivity index (χ4v) is 3.30. The Balaban J connectivity index is 1.41. The van der Waals surface area contributed by atoms with Gasteiger partial charge in [0.2, 0.25) is 11.8 Å². The van der Waals surface area contributed by atoms with Crippen molar-refractivity contribution in [3.05, 3.63) is 59.6 Å². The Morgan fingerprint density at radius 3 is 3.00 bits per heavy atom. The van der Waals surface area contributed by atoms with E-state index >= 15 is 0 Å². The molecule has 3 aromatic heterocycles. The molecule has 3 heterocycles. The van der Waals surface area contributed by atoms with E-state index in [0.717, 1.165) is 22.0 Å². The van der Waals surface area contributed by atoms with Gasteiger partial charge in [-0.25, -0.2) is 4.98 Å². The van der Waals surface area contributed by atoms with Crippen molar-refractivity contribution in [2.45, 2.75) is 12.3 Å². The zero-order valence-electron chi connectivity index (χ0n) is 12.3. The minimum atomic E-state index is -0.0217. The zero-order chi connectivity index (χ0) is 15.9. The Bertz CT molecular complexity index is 742. The van der Waals surface area contributed by atoms with E-state index in [1.165, 1.54) is 11.8 Å². The van der Waals surface area contributed by atoms with E-state index in [0.29, 0.717) is 18.2 Å². The summed E-state index contributed by atoms with van der Waals surface area (Å²) in [6, 6.07) is 9.67. The first-order chi connectivity index (χ1) is 11.3. The van der Waals surface area contributed by atoms with Gasteiger partial charge in [-0.2, -0.15) is 0 Å². The molecule has 0 aliphatic carbocycles. The van der Waals surface area contributed by atoms with Crippen LogP contribution < -0.4 is 5.32 Å². The maximum absolute atomic E-state index is 11.8. The number of thiophene rings is 1. The van der Waals surface area contributed by atoms with Crippen LogP contribution in [0.3, 0.4) is 0 Å². The van der Waals surface area contributed by atoms with Crippen molar-refractivity contribution in [3.8, 4) is 10.8 Å². The number of pyridine rings is 1. The van der Waals surface area contributed by atoms with Crippen molar-refractivity contribution in [2.75, 3.05) is 5.75 Å². The average Bonchev–Trinajstić information content (AvgIpc) is 3.25. The maximum atomic E-state index is 11.8. The lowest BCUT2D eigenvalue weighted by Gasteiger charge is -2.03. The van der Waals surface area contributed by atoms with Crippen molar-refractivity contribution in [1.29, 1.82) is 0 Å². The van der Waals surface area contributed by atoms with Crippen molar-refractivity contribution in [3.63, 3.8) is 0 Å². The lowest BCUT2D eigenvalue weighted by atomic mass is 10.4. The number of carbonyl (C=O) groups excluding carboxylic acids is 1. The van der Waals surface area contributed by atoms with Crippen LogP contribution in [0.15, 0.2) is 52.6 Å². The largest absolute Gasteiger partial charge is 0.443 e. The van der Waals surface area contributed by atoms with Crippen molar-refractivity contribution in [1.82, 2.24) is 15.3 Å². The molecule has 1 N–H and O–H groups in total. The summed E-state index contributed by atoms with van der Waals surface area (Å²) in [5.74, 6) is 1.69. The summed E-state index contributed by atoms with van der Waals surface area (Å²) in [6.45, 7) is 0.373. The molecule has 0 fully saturated rings. The molecule has 0 unspecified atom stereocenters. The molecule has 1 amide bonds. The summed E-state index contributed by atoms with van der Waals surface area (Å²) >= 11 is 3.11. The number of oxazole rings is 1. The second-order valence-corrected chi connectivity index (χ2v) is 6.65. The fourth-order valence-electron chi connectivity index (χ4n) is 1.87. The number of thioether (sulfide) groups is 1. The number of aromatic nitrogens is 2. The molecule has 118 valence electrons. The topological polar surface area (TPSA) is 68.0 Å². The van der Waals surface area contributed by atoms with E-state index in [1.807, 2.05) is 35.7 Å². The van der Waals surface area contributed by atoms with Gasteiger partial charge in [0.05, 0.1) is 28.6 Å². The summed E-state index contributed by atoms with van der Waals surface area (Å²) < 4.78 is 5.41. The standard InChI is InChI=1S/C16H15N3O2S2/c20-15(11-22-10-12-4-1-2-6-17-12)18-8-13-9-21-16(19-13)14-5-3-7-23-14/h1-7,9H,8,10-11H2,(H,18,20). The SMILES string of the molecule is O=C(CSCc1ccccn1)NCc1coc(-c2cccs2)n1. The Morgan fingerprint density at radius 1 is 1.26 bits per heavy atom. The second-order valence-electron chi connectivity index (χ2n) is 4.71. The summed E-state index contributed by atoms with van der Waals surface area (Å²) in [5.41, 5.74) is 1.69. The van der Waals surface area contributed by atoms with Crippen LogP contribution in [0, 0.1) is 0 Å². The molecule has 0 saturated heterocycles. The number of nitrogens with one attached hydrogen (secondary N) is 1. The average molecular weight is 345 g/mol. The first-order valence-corrected chi connectivity index (χ1v) is 9.07. The number of carbonyl (C=O) groups is 1. The normalized spacial score (nSPS) is 10.6. The third-order valence-electron chi connectivity index (χ3n) is 2.96. The van der Waals surface area contributed by atoms with E-state index in [4.69, 9.17) is 4.42 Å². The van der Waals surface area contributed by atoms with E-state index in [-0.39, 0.29) is 5.91 Å². The van der Waals surface area contributed by atoms with Gasteiger partial charge in [-0.1, -0.05) is 12.1 Å². The lowest BCUT2D eigenvalue weighted by Crippen LogP contribution is -2.24. The summed E-state index contributed by atoms with van der Waals surface area (Å²) in [4.78, 5) is 21.4. The quantitative estimate of drug-likeness (QED) is 0.711. The Hall–Kier alpha value is -2.12. The van der Waals surface area contributed by atoms with Crippen molar-refractivity contribution < 1.29 is 9.21 Å². The van der Waals surface area contributed by atoms with Crippen LogP contribution in [-0.2, 0) is 17.1 Å². The monoisotopic (exact) mass is 345 g/mol. The van der Waals surface area contributed by atoms with Gasteiger partial charge in [-0.15, -0.1) is 23.1 Å². The smallest absolute Gasteiger partial charge is 0.236 e. The molecule has 3 rings (SSSR count). The highest BCUT2D eigenvalue weighted by molar-refractivity contribution is 7.99. The van der Waals surface area contributed by atoms with Gasteiger partial charge >= 0.3 is 0 Å². The second kappa shape index (κ2) is 7.94. The number of amides is 1. The van der Waals surface area contributed by atoms with Crippen LogP contribution in [0.1, 0.15) is 11.4 Å². The van der Waals surface area contributed by atoms with Crippen molar-refractivity contribution in [2.24, 2.45) is 0 Å². The Morgan fingerprint density at radius 2 is 2.22 bits per heavy atom. The number of hydrogen-bond acceptors (Lipinski definition) is 6. The van der Waals surface area contributed by atoms with E-state index in [9.17, 15) is 4.79 Å². The summed E-state index contributed by atoms with van der Waals surface area (Å²) in [6.07, 6.45) is 3.34. The molecule has 23 heavy (non-hydrogen) atoms. The molecule has 0 saturated carbocycles. The third kappa shape index (κ3) is 4.67. The molecular formula is C16H15N3O2S2. The number of nitrogens with zero attached hydrogens (tertiary/aromatic N) is 2. The summed E-state index contributed by atoms with van der Waals surface area (Å²) in [5, 5.41) is 4.82. The van der Waals surface area contributed by atoms with Gasteiger partial charge in [0.15, 0.2) is 0 Å². The minimum absolute atomic E-state index is 0.0217. The first-order valence-electron chi connectivity index (χ1n) is 7.04. The number of hydrogen-bond donors (Lipinski definition) is 1. The molecule has 0 aromatic carbocycles. The minimum Gasteiger partial charge on any atom is -0.443 e. The zero-order valence-corrected chi connectivity index (χ0v) is 13.9. The molecule has 0 aliphatic rings. The maximum Gasteiger partial charge on any atom is 0.236 e. The third-order valence-corrected chi connectivity index (χ3v) is 4.78. The molecule has 0 bridgehead atoms. The lowest BCUT2D eigenvalue weighted by molar-refractivity contribution is -0.118. The molecule has 7 heteroatoms. The molecule has 0 spiro atoms. The van der Waals surface area contributed by atoms with Crippen LogP contribution in [0.2, 0.25) is 0 Å². The van der Waals surface area contributed by atoms with Crippen LogP contribution in [0.5, 0.6) is 0 Å². The highest BCUT2D eigenvalue weighted by Gasteiger charge is 2.09. The Labute approximate surface area is 142 Å². The van der Waals surface area contributed by atoms with Crippen LogP contribution in [0.4, 0.5) is 0 Å². The number of rotatable bonds is 7. The van der Waals surface area contributed by atoms with Crippen LogP contribution in [-0.4, -0.2) is 21.6 Å². The molecular weight excluding hydrogens is 330 g/mol. The summed E-state index contributed by atoms with van der Waals surface area (Å²) in [7, 11) is 0. The van der Waals surface area contributed by atoms with Crippen molar-refractivity contribution >= 4 is 29.0 Å². The van der Waals surface area contributed by atoms with Gasteiger partial charge in [0, 0.05) is 11.9 Å². The fraction of sp³-hybridized carbons (Fsp3) is 0.188. The predicted molar refractivity (Wildman–Crippen MR) is 92.1 cm³/mol. The highest BCUT2D eigenvalue weighted by Crippen LogP contribution is 2.23. The van der Waals surface area contributed by atoms with Gasteiger partial charge in [-0.05, 0) is 23.6 Å². The van der Waals surface area contributed by atoms with Crippen LogP contribution in [0.25, 0.3) is 10.8 Å². The predicted octanol–water partition coefficient (Wildman–Crippen LogP) is 3.35. The van der Waals surface area contributed by atoms with Gasteiger partial charge < -0.3 is 9.73 Å². The first kappa shape index (κ1) is 15.8. The molecule has 0 atom stereocenters. The molecule has 3 aromatic rings. The van der Waals surface area contributed by atoms with Gasteiger partial charge in [0.1, 0.15) is 6.26 Å². The Kier molecular flexibility index (Phi) is 5.44. The van der Waals surface area contributed by atoms with E-state index in [1.54, 1.807) is 23.8 Å². The molecule has 0 radical (unpaired) electrons. The van der Waals surface area contributed by atoms with Crippen LogP contribution >= 0.6 is 23.1 Å². The van der Waals surface area contributed by atoms with E-state index in [2.05, 4.69) is 15.3 Å². The molecule has 5 nitrogen and oxygen atoms in total. The highest BCUT2D eigenvalue weighted by atomic mass is 32.2.